The lowest BCUT2D eigenvalue weighted by Gasteiger charge is -2.31. The van der Waals surface area contributed by atoms with Gasteiger partial charge in [-0.05, 0) is 79.3 Å². The van der Waals surface area contributed by atoms with Gasteiger partial charge in [0.1, 0.15) is 17.7 Å². The second-order valence-corrected chi connectivity index (χ2v) is 13.7. The van der Waals surface area contributed by atoms with Gasteiger partial charge in [-0.25, -0.2) is 19.6 Å². The maximum atomic E-state index is 13.5. The van der Waals surface area contributed by atoms with E-state index in [1.807, 2.05) is 62.4 Å². The minimum Gasteiger partial charge on any atom is -0.465 e. The number of alkyl carbamates (subject to hydrolysis) is 1. The molecule has 12 nitrogen and oxygen atoms in total. The highest BCUT2D eigenvalue weighted by molar-refractivity contribution is 5.86. The first kappa shape index (κ1) is 33.0. The molecule has 7 rings (SSSR count). The quantitative estimate of drug-likeness (QED) is 0.172. The number of nitrogens with zero attached hydrogens (tertiary/aromatic N) is 4. The highest BCUT2D eigenvalue weighted by Gasteiger charge is 2.50. The number of aromatic nitrogens is 4. The summed E-state index contributed by atoms with van der Waals surface area (Å²) < 4.78 is 4.74. The van der Waals surface area contributed by atoms with Gasteiger partial charge in [0, 0.05) is 23.7 Å². The van der Waals surface area contributed by atoms with Crippen molar-refractivity contribution in [3.8, 4) is 34.4 Å². The number of benzene rings is 2. The molecule has 2 saturated heterocycles. The number of imidazole rings is 2. The van der Waals surface area contributed by atoms with Crippen LogP contribution in [0.2, 0.25) is 0 Å². The van der Waals surface area contributed by atoms with E-state index in [1.54, 1.807) is 22.2 Å². The van der Waals surface area contributed by atoms with Gasteiger partial charge in [0.25, 0.3) is 0 Å². The molecule has 12 heteroatoms. The molecule has 2 aliphatic heterocycles. The zero-order valence-electron chi connectivity index (χ0n) is 28.3. The molecule has 3 aliphatic rings. The van der Waals surface area contributed by atoms with Gasteiger partial charge in [-0.1, -0.05) is 50.0 Å². The summed E-state index contributed by atoms with van der Waals surface area (Å²) >= 11 is 0. The molecule has 4 N–H and O–H groups in total. The molecule has 2 aromatic heterocycles. The van der Waals surface area contributed by atoms with E-state index in [4.69, 9.17) is 4.74 Å². The largest absolute Gasteiger partial charge is 0.465 e. The van der Waals surface area contributed by atoms with Crippen LogP contribution >= 0.6 is 0 Å². The third-order valence-corrected chi connectivity index (χ3v) is 10.3. The lowest BCUT2D eigenvalue weighted by Crippen LogP contribution is -2.51. The second kappa shape index (κ2) is 13.7. The summed E-state index contributed by atoms with van der Waals surface area (Å²) in [5.41, 5.74) is 5.37. The average molecular weight is 676 g/mol. The first-order chi connectivity index (χ1) is 24.2. The maximum absolute atomic E-state index is 13.5. The Bertz CT molecular complexity index is 1940. The zero-order valence-corrected chi connectivity index (χ0v) is 28.3. The molecule has 0 radical (unpaired) electrons. The number of aromatic amines is 2. The second-order valence-electron chi connectivity index (χ2n) is 13.7. The molecule has 0 spiro atoms. The van der Waals surface area contributed by atoms with Crippen molar-refractivity contribution < 1.29 is 24.2 Å². The SMILES string of the molecule is COC(=O)NC(C(=O)N1CCCC1c1ncc(-c2ccc(C#Cc3ccc(-c4cnc(C5C6CCC(C6)N5C(=O)O)[nH]4)cc3)cc2)[nH]1)C(C)C. The third kappa shape index (κ3) is 6.43. The Morgan fingerprint density at radius 1 is 0.900 bits per heavy atom. The number of hydrogen-bond acceptors (Lipinski definition) is 6. The fourth-order valence-electron chi connectivity index (χ4n) is 7.71. The van der Waals surface area contributed by atoms with E-state index in [-0.39, 0.29) is 30.0 Å². The highest BCUT2D eigenvalue weighted by atomic mass is 16.5. The number of rotatable bonds is 7. The van der Waals surface area contributed by atoms with Crippen molar-refractivity contribution in [2.45, 2.75) is 70.1 Å². The molecule has 50 heavy (non-hydrogen) atoms. The molecular formula is C38H41N7O5. The van der Waals surface area contributed by atoms with E-state index in [0.717, 1.165) is 71.6 Å². The summed E-state index contributed by atoms with van der Waals surface area (Å²) in [4.78, 5) is 56.7. The Hall–Kier alpha value is -5.57. The van der Waals surface area contributed by atoms with Crippen LogP contribution in [0.4, 0.5) is 9.59 Å². The van der Waals surface area contributed by atoms with Crippen molar-refractivity contribution in [3.63, 3.8) is 0 Å². The molecule has 3 fully saturated rings. The average Bonchev–Trinajstić information content (AvgIpc) is 3.97. The van der Waals surface area contributed by atoms with Crippen LogP contribution in [0, 0.1) is 23.7 Å². The van der Waals surface area contributed by atoms with Crippen LogP contribution < -0.4 is 5.32 Å². The first-order valence-electron chi connectivity index (χ1n) is 17.2. The number of ether oxygens (including phenoxy) is 1. The number of carbonyl (C=O) groups excluding carboxylic acids is 2. The summed E-state index contributed by atoms with van der Waals surface area (Å²) in [5, 5.41) is 12.5. The van der Waals surface area contributed by atoms with E-state index in [1.165, 1.54) is 7.11 Å². The molecule has 2 aromatic carbocycles. The lowest BCUT2D eigenvalue weighted by molar-refractivity contribution is -0.135. The van der Waals surface area contributed by atoms with E-state index in [0.29, 0.717) is 18.3 Å². The number of fused-ring (bicyclic) bond motifs is 2. The van der Waals surface area contributed by atoms with Crippen LogP contribution in [0.5, 0.6) is 0 Å². The Balaban J connectivity index is 0.989. The molecule has 258 valence electrons. The van der Waals surface area contributed by atoms with Crippen LogP contribution in [0.3, 0.4) is 0 Å². The van der Waals surface area contributed by atoms with Gasteiger partial charge >= 0.3 is 12.2 Å². The van der Waals surface area contributed by atoms with E-state index in [9.17, 15) is 19.5 Å². The van der Waals surface area contributed by atoms with Gasteiger partial charge in [-0.15, -0.1) is 0 Å². The van der Waals surface area contributed by atoms with Crippen molar-refractivity contribution in [3.05, 3.63) is 83.7 Å². The normalized spacial score (nSPS) is 21.6. The van der Waals surface area contributed by atoms with Crippen LogP contribution in [-0.2, 0) is 9.53 Å². The Morgan fingerprint density at radius 3 is 2.08 bits per heavy atom. The van der Waals surface area contributed by atoms with Gasteiger partial charge < -0.3 is 30.0 Å². The molecule has 3 amide bonds. The number of piperidine rings is 1. The predicted octanol–water partition coefficient (Wildman–Crippen LogP) is 6.11. The summed E-state index contributed by atoms with van der Waals surface area (Å²) in [7, 11) is 1.29. The molecule has 4 aromatic rings. The number of H-pyrrole nitrogens is 2. The standard InChI is InChI=1S/C38H41N7O5/c1-22(2)32(43-37(47)50-3)36(46)44-18-4-5-31(44)34-39-20-29(41-34)25-12-8-23(9-13-25)6-7-24-10-14-26(15-11-24)30-21-40-35(42-30)33-27-16-17-28(19-27)45(33)38(48)49/h8-15,20-22,27-28,31-33H,4-5,16-19H2,1-3H3,(H,39,41)(H,40,42)(H,43,47)(H,48,49). The fourth-order valence-corrected chi connectivity index (χ4v) is 7.71. The van der Waals surface area contributed by atoms with Crippen molar-refractivity contribution in [1.82, 2.24) is 35.1 Å². The van der Waals surface area contributed by atoms with Gasteiger partial charge in [-0.3, -0.25) is 9.69 Å². The summed E-state index contributed by atoms with van der Waals surface area (Å²) in [6.45, 7) is 4.39. The van der Waals surface area contributed by atoms with E-state index < -0.39 is 18.2 Å². The monoisotopic (exact) mass is 675 g/mol. The topological polar surface area (TPSA) is 157 Å². The third-order valence-electron chi connectivity index (χ3n) is 10.3. The number of carboxylic acid groups (broad SMARTS) is 1. The molecule has 5 unspecified atom stereocenters. The van der Waals surface area contributed by atoms with Gasteiger partial charge in [0.2, 0.25) is 5.91 Å². The van der Waals surface area contributed by atoms with Gasteiger partial charge in [0.05, 0.1) is 43.0 Å². The number of carbonyl (C=O) groups is 3. The van der Waals surface area contributed by atoms with Crippen molar-refractivity contribution in [1.29, 1.82) is 0 Å². The first-order valence-corrected chi connectivity index (χ1v) is 17.2. The smallest absolute Gasteiger partial charge is 0.408 e. The van der Waals surface area contributed by atoms with E-state index >= 15 is 0 Å². The number of likely N-dealkylation sites (tertiary alicyclic amines) is 2. The highest BCUT2D eigenvalue weighted by Crippen LogP contribution is 2.49. The maximum Gasteiger partial charge on any atom is 0.408 e. The molecule has 5 atom stereocenters. The lowest BCUT2D eigenvalue weighted by atomic mass is 9.98. The Kier molecular flexibility index (Phi) is 9.06. The van der Waals surface area contributed by atoms with Crippen molar-refractivity contribution in [2.75, 3.05) is 13.7 Å². The van der Waals surface area contributed by atoms with Crippen LogP contribution in [-0.4, -0.2) is 78.7 Å². The van der Waals surface area contributed by atoms with Crippen molar-refractivity contribution in [2.24, 2.45) is 11.8 Å². The number of hydrogen-bond donors (Lipinski definition) is 4. The minimum atomic E-state index is -0.873. The molecule has 1 saturated carbocycles. The van der Waals surface area contributed by atoms with Gasteiger partial charge in [-0.2, -0.15) is 0 Å². The Labute approximate surface area is 290 Å². The molecule has 2 bridgehead atoms. The minimum absolute atomic E-state index is 0.0953. The van der Waals surface area contributed by atoms with Crippen molar-refractivity contribution >= 4 is 18.1 Å². The Morgan fingerprint density at radius 2 is 1.50 bits per heavy atom. The fraction of sp³-hybridized carbons (Fsp3) is 0.395. The van der Waals surface area contributed by atoms with E-state index in [2.05, 4.69) is 37.1 Å². The van der Waals surface area contributed by atoms with Crippen LogP contribution in [0.15, 0.2) is 60.9 Å². The summed E-state index contributed by atoms with van der Waals surface area (Å²) in [6.07, 6.45) is 6.59. The van der Waals surface area contributed by atoms with Crippen LogP contribution in [0.25, 0.3) is 22.5 Å². The summed E-state index contributed by atoms with van der Waals surface area (Å²) in [5.74, 6) is 7.99. The molecular weight excluding hydrogens is 634 g/mol. The zero-order chi connectivity index (χ0) is 34.9. The predicted molar refractivity (Wildman–Crippen MR) is 186 cm³/mol. The number of nitrogens with one attached hydrogen (secondary N) is 3. The van der Waals surface area contributed by atoms with Gasteiger partial charge in [0.15, 0.2) is 0 Å². The van der Waals surface area contributed by atoms with Crippen LogP contribution in [0.1, 0.15) is 80.8 Å². The number of amides is 3. The molecule has 1 aliphatic carbocycles. The number of methoxy groups -OCH3 is 1. The molecule has 4 heterocycles. The summed E-state index contributed by atoms with van der Waals surface area (Å²) in [6, 6.07) is 14.9.